The molecule has 1 aliphatic rings. The molecule has 0 fully saturated rings. The number of benzene rings is 2. The molecule has 2 heterocycles. The van der Waals surface area contributed by atoms with Gasteiger partial charge in [0.2, 0.25) is 0 Å². The number of nitrogens with zero attached hydrogens (tertiary/aromatic N) is 1. The molecule has 0 aliphatic carbocycles. The van der Waals surface area contributed by atoms with Gasteiger partial charge in [0.05, 0.1) is 30.0 Å². The van der Waals surface area contributed by atoms with E-state index >= 15 is 0 Å². The molecule has 5 nitrogen and oxygen atoms in total. The highest BCUT2D eigenvalue weighted by Crippen LogP contribution is 2.36. The highest BCUT2D eigenvalue weighted by molar-refractivity contribution is 6.04. The minimum atomic E-state index is -0.990. The molecule has 1 N–H and O–H groups in total. The Labute approximate surface area is 144 Å². The molecule has 3 aromatic rings. The fourth-order valence-corrected chi connectivity index (χ4v) is 3.01. The topological polar surface area (TPSA) is 68.7 Å². The van der Waals surface area contributed by atoms with Gasteiger partial charge >= 0.3 is 5.97 Å². The van der Waals surface area contributed by atoms with Gasteiger partial charge in [0.25, 0.3) is 0 Å². The van der Waals surface area contributed by atoms with Crippen molar-refractivity contribution in [2.75, 3.05) is 13.2 Å². The monoisotopic (exact) mass is 335 g/mol. The van der Waals surface area contributed by atoms with E-state index in [9.17, 15) is 9.90 Å². The first-order valence-corrected chi connectivity index (χ1v) is 8.16. The number of pyridine rings is 1. The lowest BCUT2D eigenvalue weighted by molar-refractivity contribution is 0.0699. The summed E-state index contributed by atoms with van der Waals surface area (Å²) < 4.78 is 11.4. The highest BCUT2D eigenvalue weighted by Gasteiger charge is 2.18. The predicted octanol–water partition coefficient (Wildman–Crippen LogP) is 4.07. The predicted molar refractivity (Wildman–Crippen MR) is 94.5 cm³/mol. The molecule has 0 atom stereocenters. The van der Waals surface area contributed by atoms with Crippen LogP contribution in [-0.4, -0.2) is 29.3 Å². The number of fused-ring (bicyclic) bond motifs is 2. The molecule has 0 bridgehead atoms. The summed E-state index contributed by atoms with van der Waals surface area (Å²) in [5, 5.41) is 10.2. The standard InChI is InChI=1S/C20H17NO4/c1-12-4-2-5-13(8-12)16-9-15(20(22)23)14-10-18-19(11-17(14)21-16)25-7-3-6-24-18/h2,4-5,8-11H,3,6-7H2,1H3,(H,22,23). The Balaban J connectivity index is 1.96. The van der Waals surface area contributed by atoms with Crippen molar-refractivity contribution >= 4 is 16.9 Å². The van der Waals surface area contributed by atoms with Crippen LogP contribution in [0.5, 0.6) is 11.5 Å². The molecule has 2 aromatic carbocycles. The van der Waals surface area contributed by atoms with Crippen molar-refractivity contribution in [3.8, 4) is 22.8 Å². The van der Waals surface area contributed by atoms with Gasteiger partial charge < -0.3 is 14.6 Å². The molecular formula is C20H17NO4. The van der Waals surface area contributed by atoms with Gasteiger partial charge in [0.1, 0.15) is 0 Å². The van der Waals surface area contributed by atoms with Gasteiger partial charge in [-0.15, -0.1) is 0 Å². The van der Waals surface area contributed by atoms with E-state index < -0.39 is 5.97 Å². The quantitative estimate of drug-likeness (QED) is 0.764. The van der Waals surface area contributed by atoms with Crippen molar-refractivity contribution in [2.45, 2.75) is 13.3 Å². The maximum atomic E-state index is 11.8. The Bertz CT molecular complexity index is 981. The summed E-state index contributed by atoms with van der Waals surface area (Å²) in [5.41, 5.74) is 3.40. The molecule has 1 aromatic heterocycles. The summed E-state index contributed by atoms with van der Waals surface area (Å²) in [4.78, 5) is 16.5. The lowest BCUT2D eigenvalue weighted by atomic mass is 10.0. The SMILES string of the molecule is Cc1cccc(-c2cc(C(=O)O)c3cc4c(cc3n2)OCCCO4)c1. The molecule has 0 spiro atoms. The summed E-state index contributed by atoms with van der Waals surface area (Å²) in [6, 6.07) is 12.9. The molecule has 25 heavy (non-hydrogen) atoms. The van der Waals surface area contributed by atoms with E-state index in [4.69, 9.17) is 9.47 Å². The number of carboxylic acids is 1. The number of carbonyl (C=O) groups is 1. The Kier molecular flexibility index (Phi) is 3.76. The van der Waals surface area contributed by atoms with Crippen LogP contribution in [0.25, 0.3) is 22.2 Å². The number of ether oxygens (including phenoxy) is 2. The van der Waals surface area contributed by atoms with E-state index in [0.29, 0.717) is 41.3 Å². The first-order valence-electron chi connectivity index (χ1n) is 8.16. The number of hydrogen-bond donors (Lipinski definition) is 1. The number of carboxylic acid groups (broad SMARTS) is 1. The zero-order valence-electron chi connectivity index (χ0n) is 13.8. The van der Waals surface area contributed by atoms with Crippen molar-refractivity contribution < 1.29 is 19.4 Å². The van der Waals surface area contributed by atoms with Crippen LogP contribution in [0.3, 0.4) is 0 Å². The van der Waals surface area contributed by atoms with Crippen molar-refractivity contribution in [1.82, 2.24) is 4.98 Å². The molecule has 0 radical (unpaired) electrons. The smallest absolute Gasteiger partial charge is 0.336 e. The fourth-order valence-electron chi connectivity index (χ4n) is 3.01. The van der Waals surface area contributed by atoms with Crippen LogP contribution in [0.4, 0.5) is 0 Å². The third-order valence-corrected chi connectivity index (χ3v) is 4.22. The van der Waals surface area contributed by atoms with E-state index in [-0.39, 0.29) is 5.56 Å². The number of aromatic nitrogens is 1. The first kappa shape index (κ1) is 15.4. The summed E-state index contributed by atoms with van der Waals surface area (Å²) in [6.45, 7) is 3.12. The average Bonchev–Trinajstić information content (AvgIpc) is 2.83. The van der Waals surface area contributed by atoms with Gasteiger partial charge in [-0.05, 0) is 25.1 Å². The molecule has 0 unspecified atom stereocenters. The second kappa shape index (κ2) is 6.09. The Morgan fingerprint density at radius 1 is 1.08 bits per heavy atom. The minimum absolute atomic E-state index is 0.206. The van der Waals surface area contributed by atoms with Gasteiger partial charge in [-0.25, -0.2) is 9.78 Å². The molecule has 0 saturated carbocycles. The van der Waals surface area contributed by atoms with Crippen molar-refractivity contribution in [3.05, 3.63) is 53.6 Å². The highest BCUT2D eigenvalue weighted by atomic mass is 16.5. The van der Waals surface area contributed by atoms with E-state index in [0.717, 1.165) is 17.5 Å². The van der Waals surface area contributed by atoms with Gasteiger partial charge in [-0.2, -0.15) is 0 Å². The number of rotatable bonds is 2. The van der Waals surface area contributed by atoms with Gasteiger partial charge in [-0.3, -0.25) is 0 Å². The summed E-state index contributed by atoms with van der Waals surface area (Å²) in [7, 11) is 0. The van der Waals surface area contributed by atoms with Crippen LogP contribution in [-0.2, 0) is 0 Å². The lowest BCUT2D eigenvalue weighted by Gasteiger charge is -2.12. The number of aryl methyl sites for hydroxylation is 1. The second-order valence-corrected chi connectivity index (χ2v) is 6.10. The van der Waals surface area contributed by atoms with Crippen molar-refractivity contribution in [1.29, 1.82) is 0 Å². The Hall–Kier alpha value is -3.08. The Morgan fingerprint density at radius 2 is 1.84 bits per heavy atom. The lowest BCUT2D eigenvalue weighted by Crippen LogP contribution is -2.01. The molecular weight excluding hydrogens is 318 g/mol. The van der Waals surface area contributed by atoms with Crippen LogP contribution in [0.1, 0.15) is 22.3 Å². The van der Waals surface area contributed by atoms with E-state index in [1.807, 2.05) is 31.2 Å². The van der Waals surface area contributed by atoms with E-state index in [2.05, 4.69) is 4.98 Å². The first-order chi connectivity index (χ1) is 12.1. The van der Waals surface area contributed by atoms with Crippen molar-refractivity contribution in [2.24, 2.45) is 0 Å². The third-order valence-electron chi connectivity index (χ3n) is 4.22. The average molecular weight is 335 g/mol. The minimum Gasteiger partial charge on any atom is -0.490 e. The zero-order valence-corrected chi connectivity index (χ0v) is 13.8. The van der Waals surface area contributed by atoms with Crippen LogP contribution < -0.4 is 9.47 Å². The van der Waals surface area contributed by atoms with Gasteiger partial charge in [0.15, 0.2) is 11.5 Å². The van der Waals surface area contributed by atoms with Crippen LogP contribution in [0, 0.1) is 6.92 Å². The summed E-state index contributed by atoms with van der Waals surface area (Å²) >= 11 is 0. The normalized spacial score (nSPS) is 13.5. The largest absolute Gasteiger partial charge is 0.490 e. The third kappa shape index (κ3) is 2.89. The zero-order chi connectivity index (χ0) is 17.4. The maximum absolute atomic E-state index is 11.8. The van der Waals surface area contributed by atoms with Crippen LogP contribution in [0.2, 0.25) is 0 Å². The molecule has 0 saturated heterocycles. The molecule has 5 heteroatoms. The number of aromatic carboxylic acids is 1. The molecule has 126 valence electrons. The van der Waals surface area contributed by atoms with E-state index in [1.54, 1.807) is 18.2 Å². The maximum Gasteiger partial charge on any atom is 0.336 e. The fraction of sp³-hybridized carbons (Fsp3) is 0.200. The second-order valence-electron chi connectivity index (χ2n) is 6.10. The van der Waals surface area contributed by atoms with Crippen molar-refractivity contribution in [3.63, 3.8) is 0 Å². The summed E-state index contributed by atoms with van der Waals surface area (Å²) in [5.74, 6) is 0.184. The molecule has 0 amide bonds. The van der Waals surface area contributed by atoms with Crippen LogP contribution in [0.15, 0.2) is 42.5 Å². The van der Waals surface area contributed by atoms with Gasteiger partial charge in [-0.1, -0.05) is 23.8 Å². The van der Waals surface area contributed by atoms with E-state index in [1.165, 1.54) is 0 Å². The number of hydrogen-bond acceptors (Lipinski definition) is 4. The van der Waals surface area contributed by atoms with Gasteiger partial charge in [0, 0.05) is 23.4 Å². The summed E-state index contributed by atoms with van der Waals surface area (Å²) in [6.07, 6.45) is 0.790. The van der Waals surface area contributed by atoms with Crippen LogP contribution >= 0.6 is 0 Å². The molecule has 1 aliphatic heterocycles. The Morgan fingerprint density at radius 3 is 2.56 bits per heavy atom. The molecule has 4 rings (SSSR count).